The summed E-state index contributed by atoms with van der Waals surface area (Å²) in [4.78, 5) is 26.1. The fraction of sp³-hybridized carbons (Fsp3) is 0.385. The zero-order chi connectivity index (χ0) is 23.3. The molecule has 2 amide bonds. The number of rotatable bonds is 11. The van der Waals surface area contributed by atoms with Gasteiger partial charge in [0.15, 0.2) is 0 Å². The van der Waals surface area contributed by atoms with Crippen molar-refractivity contribution in [3.8, 4) is 11.1 Å². The lowest BCUT2D eigenvalue weighted by molar-refractivity contribution is -0.142. The Morgan fingerprint density at radius 2 is 1.66 bits per heavy atom. The number of carbonyl (C=O) groups excluding carboxylic acids is 2. The lowest BCUT2D eigenvalue weighted by Gasteiger charge is -2.19. The quantitative estimate of drug-likeness (QED) is 0.214. The molecule has 2 aromatic rings. The maximum atomic E-state index is 12.4. The molecule has 6 nitrogen and oxygen atoms in total. The van der Waals surface area contributed by atoms with Gasteiger partial charge in [-0.25, -0.2) is 9.59 Å². The summed E-state index contributed by atoms with van der Waals surface area (Å²) in [5, 5.41) is 2.96. The van der Waals surface area contributed by atoms with Gasteiger partial charge in [-0.15, -0.1) is 0 Å². The van der Waals surface area contributed by atoms with E-state index >= 15 is 0 Å². The van der Waals surface area contributed by atoms with Crippen LogP contribution in [-0.2, 0) is 14.3 Å². The molecule has 32 heavy (non-hydrogen) atoms. The van der Waals surface area contributed by atoms with E-state index in [1.807, 2.05) is 55.5 Å². The number of anilines is 1. The van der Waals surface area contributed by atoms with E-state index in [1.165, 1.54) is 0 Å². The number of ether oxygens (including phenoxy) is 2. The number of carbonyl (C=O) groups is 2. The first kappa shape index (κ1) is 25.0. The first-order valence-corrected chi connectivity index (χ1v) is 11.2. The maximum absolute atomic E-state index is 12.4. The van der Waals surface area contributed by atoms with Crippen LogP contribution in [0.3, 0.4) is 0 Å². The van der Waals surface area contributed by atoms with Crippen LogP contribution in [0.1, 0.15) is 45.6 Å². The monoisotopic (exact) mass is 438 g/mol. The Morgan fingerprint density at radius 3 is 2.31 bits per heavy atom. The largest absolute Gasteiger partial charge is 0.487 e. The summed E-state index contributed by atoms with van der Waals surface area (Å²) in [6, 6.07) is 15.5. The molecule has 6 heteroatoms. The standard InChI is InChI=1S/C26H34N2O4/c1-5-8-9-17-27-26(30)28(4)23-12-10-11-22(19-23)21-15-13-20(14-16-21)18-24(31-6-2)25(29)32-7-3/h10-16,18-19H,5-9,17H2,1-4H3,(H,27,30)/b24-18-. The molecule has 2 aromatic carbocycles. The lowest BCUT2D eigenvalue weighted by Crippen LogP contribution is -2.37. The Balaban J connectivity index is 2.13. The molecule has 0 heterocycles. The fourth-order valence-electron chi connectivity index (χ4n) is 3.14. The van der Waals surface area contributed by atoms with Crippen molar-refractivity contribution in [2.45, 2.75) is 40.0 Å². The van der Waals surface area contributed by atoms with Crippen LogP contribution in [0.2, 0.25) is 0 Å². The molecule has 0 bridgehead atoms. The number of amides is 2. The molecule has 0 aliphatic heterocycles. The first-order chi connectivity index (χ1) is 15.5. The zero-order valence-corrected chi connectivity index (χ0v) is 19.5. The minimum Gasteiger partial charge on any atom is -0.487 e. The average molecular weight is 439 g/mol. The molecule has 0 unspecified atom stereocenters. The number of benzene rings is 2. The Bertz CT molecular complexity index is 906. The number of hydrogen-bond acceptors (Lipinski definition) is 4. The minimum atomic E-state index is -0.470. The Hall–Kier alpha value is -3.28. The van der Waals surface area contributed by atoms with Crippen molar-refractivity contribution in [1.82, 2.24) is 5.32 Å². The molecule has 0 fully saturated rings. The Morgan fingerprint density at radius 1 is 0.938 bits per heavy atom. The van der Waals surface area contributed by atoms with E-state index in [4.69, 9.17) is 9.47 Å². The van der Waals surface area contributed by atoms with Gasteiger partial charge in [0.1, 0.15) is 0 Å². The molecule has 0 aliphatic carbocycles. The number of unbranched alkanes of at least 4 members (excludes halogenated alkanes) is 2. The molecule has 2 rings (SSSR count). The first-order valence-electron chi connectivity index (χ1n) is 11.2. The third kappa shape index (κ3) is 7.45. The van der Waals surface area contributed by atoms with Crippen molar-refractivity contribution in [3.05, 3.63) is 59.9 Å². The van der Waals surface area contributed by atoms with Crippen molar-refractivity contribution in [2.24, 2.45) is 0 Å². The molecule has 0 radical (unpaired) electrons. The highest BCUT2D eigenvalue weighted by Gasteiger charge is 2.13. The molecule has 0 saturated carbocycles. The predicted molar refractivity (Wildman–Crippen MR) is 129 cm³/mol. The van der Waals surface area contributed by atoms with E-state index in [-0.39, 0.29) is 11.8 Å². The molecular formula is C26H34N2O4. The van der Waals surface area contributed by atoms with Crippen molar-refractivity contribution in [1.29, 1.82) is 0 Å². The number of nitrogens with zero attached hydrogens (tertiary/aromatic N) is 1. The van der Waals surface area contributed by atoms with Gasteiger partial charge in [-0.1, -0.05) is 56.2 Å². The number of urea groups is 1. The average Bonchev–Trinajstić information content (AvgIpc) is 2.81. The number of hydrogen-bond donors (Lipinski definition) is 1. The van der Waals surface area contributed by atoms with Crippen molar-refractivity contribution < 1.29 is 19.1 Å². The molecule has 0 spiro atoms. The molecule has 0 aromatic heterocycles. The second-order valence-electron chi connectivity index (χ2n) is 7.33. The highest BCUT2D eigenvalue weighted by atomic mass is 16.6. The van der Waals surface area contributed by atoms with Gasteiger partial charge < -0.3 is 14.8 Å². The molecule has 1 N–H and O–H groups in total. The highest BCUT2D eigenvalue weighted by Crippen LogP contribution is 2.25. The smallest absolute Gasteiger partial charge is 0.373 e. The molecule has 0 saturated heterocycles. The van der Waals surface area contributed by atoms with Gasteiger partial charge in [-0.2, -0.15) is 0 Å². The lowest BCUT2D eigenvalue weighted by atomic mass is 10.0. The summed E-state index contributed by atoms with van der Waals surface area (Å²) in [5.41, 5.74) is 3.67. The van der Waals surface area contributed by atoms with Gasteiger partial charge in [0, 0.05) is 19.3 Å². The second kappa shape index (κ2) is 13.2. The summed E-state index contributed by atoms with van der Waals surface area (Å²) in [7, 11) is 1.77. The van der Waals surface area contributed by atoms with E-state index in [1.54, 1.807) is 24.9 Å². The highest BCUT2D eigenvalue weighted by molar-refractivity contribution is 5.92. The second-order valence-corrected chi connectivity index (χ2v) is 7.33. The summed E-state index contributed by atoms with van der Waals surface area (Å²) in [6.07, 6.45) is 4.89. The molecule has 172 valence electrons. The fourth-order valence-corrected chi connectivity index (χ4v) is 3.14. The molecule has 0 atom stereocenters. The summed E-state index contributed by atoms with van der Waals surface area (Å²) in [6.45, 7) is 7.09. The van der Waals surface area contributed by atoms with Crippen molar-refractivity contribution >= 4 is 23.8 Å². The predicted octanol–water partition coefficient (Wildman–Crippen LogP) is 5.63. The molecule has 0 aliphatic rings. The summed E-state index contributed by atoms with van der Waals surface area (Å²) < 4.78 is 10.5. The van der Waals surface area contributed by atoms with Crippen LogP contribution < -0.4 is 10.2 Å². The summed E-state index contributed by atoms with van der Waals surface area (Å²) in [5.74, 6) is -0.280. The minimum absolute atomic E-state index is 0.110. The van der Waals surface area contributed by atoms with Crippen molar-refractivity contribution in [2.75, 3.05) is 31.7 Å². The van der Waals surface area contributed by atoms with Gasteiger partial charge >= 0.3 is 12.0 Å². The SMILES string of the molecule is CCCCCNC(=O)N(C)c1cccc(-c2ccc(/C=C(\OCC)C(=O)OCC)cc2)c1. The van der Waals surface area contributed by atoms with Gasteiger partial charge in [-0.05, 0) is 55.2 Å². The van der Waals surface area contributed by atoms with E-state index in [9.17, 15) is 9.59 Å². The van der Waals surface area contributed by atoms with Crippen LogP contribution in [0.5, 0.6) is 0 Å². The van der Waals surface area contributed by atoms with E-state index in [0.29, 0.717) is 19.8 Å². The van der Waals surface area contributed by atoms with Crippen LogP contribution in [0.25, 0.3) is 17.2 Å². The van der Waals surface area contributed by atoms with Crippen LogP contribution in [-0.4, -0.2) is 38.8 Å². The van der Waals surface area contributed by atoms with E-state index in [2.05, 4.69) is 12.2 Å². The maximum Gasteiger partial charge on any atom is 0.373 e. The normalized spacial score (nSPS) is 11.1. The van der Waals surface area contributed by atoms with Crippen molar-refractivity contribution in [3.63, 3.8) is 0 Å². The Labute approximate surface area is 191 Å². The van der Waals surface area contributed by atoms with E-state index in [0.717, 1.165) is 41.6 Å². The van der Waals surface area contributed by atoms with Gasteiger partial charge in [0.05, 0.1) is 13.2 Å². The van der Waals surface area contributed by atoms with Gasteiger partial charge in [0.2, 0.25) is 5.76 Å². The zero-order valence-electron chi connectivity index (χ0n) is 19.5. The van der Waals surface area contributed by atoms with Gasteiger partial charge in [-0.3, -0.25) is 4.90 Å². The summed E-state index contributed by atoms with van der Waals surface area (Å²) >= 11 is 0. The van der Waals surface area contributed by atoms with Gasteiger partial charge in [0.25, 0.3) is 0 Å². The van der Waals surface area contributed by atoms with Crippen LogP contribution in [0.15, 0.2) is 54.3 Å². The third-order valence-corrected chi connectivity index (χ3v) is 4.91. The third-order valence-electron chi connectivity index (χ3n) is 4.91. The molecular weight excluding hydrogens is 404 g/mol. The number of esters is 1. The van der Waals surface area contributed by atoms with Crippen LogP contribution in [0, 0.1) is 0 Å². The van der Waals surface area contributed by atoms with Crippen LogP contribution in [0.4, 0.5) is 10.5 Å². The van der Waals surface area contributed by atoms with Crippen LogP contribution >= 0.6 is 0 Å². The van der Waals surface area contributed by atoms with E-state index < -0.39 is 5.97 Å². The topological polar surface area (TPSA) is 67.9 Å². The number of nitrogens with one attached hydrogen (secondary N) is 1. The Kier molecular flexibility index (Phi) is 10.3.